The molecule has 1 heterocycles. The molecule has 0 aliphatic heterocycles. The van der Waals surface area contributed by atoms with Crippen molar-refractivity contribution in [3.05, 3.63) is 41.7 Å². The van der Waals surface area contributed by atoms with Gasteiger partial charge in [-0.1, -0.05) is 58.0 Å². The molecule has 0 amide bonds. The first kappa shape index (κ1) is 14.0. The topological polar surface area (TPSA) is 37.8 Å². The number of aryl methyl sites for hydroxylation is 1. The number of benzene rings is 1. The summed E-state index contributed by atoms with van der Waals surface area (Å²) >= 11 is 1.44. The third-order valence-electron chi connectivity index (χ3n) is 3.05. The lowest BCUT2D eigenvalue weighted by Gasteiger charge is -2.31. The van der Waals surface area contributed by atoms with Gasteiger partial charge in [0.1, 0.15) is 5.82 Å². The molecule has 19 heavy (non-hydrogen) atoms. The van der Waals surface area contributed by atoms with Gasteiger partial charge in [0.15, 0.2) is 0 Å². The first-order valence-electron chi connectivity index (χ1n) is 6.64. The summed E-state index contributed by atoms with van der Waals surface area (Å²) in [5.41, 5.74) is 1.39. The Labute approximate surface area is 119 Å². The summed E-state index contributed by atoms with van der Waals surface area (Å²) in [6.45, 7) is 8.78. The Morgan fingerprint density at radius 3 is 2.42 bits per heavy atom. The standard InChI is InChI=1S/C15H21N3S/c1-5-12-16-14(19-18-12)17-13(15(2,3)4)11-9-7-6-8-10-11/h6-10,13H,5H2,1-4H3,(H,16,17,18). The highest BCUT2D eigenvalue weighted by Gasteiger charge is 2.27. The van der Waals surface area contributed by atoms with E-state index in [1.165, 1.54) is 17.1 Å². The Bertz CT molecular complexity index is 514. The maximum atomic E-state index is 4.50. The highest BCUT2D eigenvalue weighted by atomic mass is 32.1. The molecule has 3 nitrogen and oxygen atoms in total. The van der Waals surface area contributed by atoms with Gasteiger partial charge >= 0.3 is 0 Å². The molecule has 1 N–H and O–H groups in total. The fourth-order valence-electron chi connectivity index (χ4n) is 2.02. The van der Waals surface area contributed by atoms with Crippen molar-refractivity contribution in [3.8, 4) is 0 Å². The van der Waals surface area contributed by atoms with Crippen LogP contribution in [0.3, 0.4) is 0 Å². The first-order valence-corrected chi connectivity index (χ1v) is 7.42. The minimum absolute atomic E-state index is 0.111. The van der Waals surface area contributed by atoms with Crippen LogP contribution in [0, 0.1) is 5.41 Å². The Morgan fingerprint density at radius 1 is 1.21 bits per heavy atom. The monoisotopic (exact) mass is 275 g/mol. The van der Waals surface area contributed by atoms with Gasteiger partial charge in [-0.3, -0.25) is 0 Å². The lowest BCUT2D eigenvalue weighted by Crippen LogP contribution is -2.25. The van der Waals surface area contributed by atoms with E-state index < -0.39 is 0 Å². The van der Waals surface area contributed by atoms with Crippen LogP contribution in [0.1, 0.15) is 45.1 Å². The van der Waals surface area contributed by atoms with Gasteiger partial charge in [-0.25, -0.2) is 4.98 Å². The van der Waals surface area contributed by atoms with Crippen LogP contribution in [0.2, 0.25) is 0 Å². The van der Waals surface area contributed by atoms with E-state index in [0.717, 1.165) is 17.4 Å². The van der Waals surface area contributed by atoms with E-state index in [-0.39, 0.29) is 11.5 Å². The Morgan fingerprint density at radius 2 is 1.89 bits per heavy atom. The predicted molar refractivity (Wildman–Crippen MR) is 81.5 cm³/mol. The van der Waals surface area contributed by atoms with E-state index in [4.69, 9.17) is 0 Å². The third kappa shape index (κ3) is 3.53. The Balaban J connectivity index is 2.24. The summed E-state index contributed by atoms with van der Waals surface area (Å²) in [4.78, 5) is 4.50. The lowest BCUT2D eigenvalue weighted by atomic mass is 9.82. The Kier molecular flexibility index (Phi) is 4.20. The summed E-state index contributed by atoms with van der Waals surface area (Å²) in [7, 11) is 0. The molecule has 0 saturated carbocycles. The van der Waals surface area contributed by atoms with E-state index in [0.29, 0.717) is 0 Å². The van der Waals surface area contributed by atoms with Gasteiger partial charge < -0.3 is 5.32 Å². The highest BCUT2D eigenvalue weighted by Crippen LogP contribution is 2.36. The highest BCUT2D eigenvalue weighted by molar-refractivity contribution is 7.09. The predicted octanol–water partition coefficient (Wildman–Crippen LogP) is 4.30. The summed E-state index contributed by atoms with van der Waals surface area (Å²) in [6, 6.07) is 10.7. The molecule has 1 atom stereocenters. The molecule has 0 radical (unpaired) electrons. The number of nitrogens with one attached hydrogen (secondary N) is 1. The second-order valence-corrected chi connectivity index (χ2v) is 6.48. The molecule has 2 aromatic rings. The number of rotatable bonds is 4. The summed E-state index contributed by atoms with van der Waals surface area (Å²) in [5, 5.41) is 4.44. The molecule has 4 heteroatoms. The zero-order chi connectivity index (χ0) is 13.9. The number of anilines is 1. The van der Waals surface area contributed by atoms with E-state index >= 15 is 0 Å². The van der Waals surface area contributed by atoms with Crippen molar-refractivity contribution in [1.29, 1.82) is 0 Å². The van der Waals surface area contributed by atoms with E-state index in [9.17, 15) is 0 Å². The van der Waals surface area contributed by atoms with Gasteiger partial charge in [-0.2, -0.15) is 4.37 Å². The SMILES string of the molecule is CCc1nsc(NC(c2ccccc2)C(C)(C)C)n1. The largest absolute Gasteiger partial charge is 0.353 e. The van der Waals surface area contributed by atoms with Crippen LogP contribution in [-0.2, 0) is 6.42 Å². The fourth-order valence-corrected chi connectivity index (χ4v) is 2.70. The van der Waals surface area contributed by atoms with Crippen LogP contribution >= 0.6 is 11.5 Å². The minimum atomic E-state index is 0.111. The third-order valence-corrected chi connectivity index (χ3v) is 3.74. The normalized spacial score (nSPS) is 13.3. The summed E-state index contributed by atoms with van der Waals surface area (Å²) in [5.74, 6) is 0.910. The molecule has 0 aliphatic carbocycles. The molecule has 2 rings (SSSR count). The van der Waals surface area contributed by atoms with Crippen LogP contribution < -0.4 is 5.32 Å². The molecule has 1 aromatic heterocycles. The smallest absolute Gasteiger partial charge is 0.203 e. The lowest BCUT2D eigenvalue weighted by molar-refractivity contribution is 0.347. The van der Waals surface area contributed by atoms with Crippen LogP contribution in [-0.4, -0.2) is 9.36 Å². The van der Waals surface area contributed by atoms with Crippen LogP contribution in [0.15, 0.2) is 30.3 Å². The molecule has 1 unspecified atom stereocenters. The van der Waals surface area contributed by atoms with Gasteiger partial charge in [0, 0.05) is 18.0 Å². The van der Waals surface area contributed by atoms with Gasteiger partial charge in [0.25, 0.3) is 0 Å². The number of aromatic nitrogens is 2. The summed E-state index contributed by atoms with van der Waals surface area (Å²) < 4.78 is 4.33. The van der Waals surface area contributed by atoms with Crippen molar-refractivity contribution in [1.82, 2.24) is 9.36 Å². The van der Waals surface area contributed by atoms with Gasteiger partial charge in [-0.05, 0) is 11.0 Å². The number of hydrogen-bond acceptors (Lipinski definition) is 4. The maximum absolute atomic E-state index is 4.50. The molecule has 0 bridgehead atoms. The zero-order valence-electron chi connectivity index (χ0n) is 12.0. The van der Waals surface area contributed by atoms with E-state index in [2.05, 4.69) is 66.6 Å². The number of nitrogens with zero attached hydrogens (tertiary/aromatic N) is 2. The molecule has 102 valence electrons. The fraction of sp³-hybridized carbons (Fsp3) is 0.467. The Hall–Kier alpha value is -1.42. The number of hydrogen-bond donors (Lipinski definition) is 1. The van der Waals surface area contributed by atoms with Gasteiger partial charge in [-0.15, -0.1) is 0 Å². The first-order chi connectivity index (χ1) is 9.00. The zero-order valence-corrected chi connectivity index (χ0v) is 12.8. The molecule has 0 fully saturated rings. The average molecular weight is 275 g/mol. The van der Waals surface area contributed by atoms with Gasteiger partial charge in [0.2, 0.25) is 5.13 Å². The second-order valence-electron chi connectivity index (χ2n) is 5.72. The molecule has 0 saturated heterocycles. The second kappa shape index (κ2) is 5.70. The van der Waals surface area contributed by atoms with E-state index in [1.807, 2.05) is 6.07 Å². The van der Waals surface area contributed by atoms with Crippen molar-refractivity contribution in [2.45, 2.75) is 40.2 Å². The maximum Gasteiger partial charge on any atom is 0.203 e. The quantitative estimate of drug-likeness (QED) is 0.904. The summed E-state index contributed by atoms with van der Waals surface area (Å²) in [6.07, 6.45) is 0.879. The molecular weight excluding hydrogens is 254 g/mol. The van der Waals surface area contributed by atoms with Crippen LogP contribution in [0.4, 0.5) is 5.13 Å². The molecular formula is C15H21N3S. The van der Waals surface area contributed by atoms with Crippen LogP contribution in [0.25, 0.3) is 0 Å². The van der Waals surface area contributed by atoms with Crippen molar-refractivity contribution in [2.75, 3.05) is 5.32 Å². The van der Waals surface area contributed by atoms with Crippen LogP contribution in [0.5, 0.6) is 0 Å². The molecule has 0 aliphatic rings. The van der Waals surface area contributed by atoms with Crippen molar-refractivity contribution in [2.24, 2.45) is 5.41 Å². The van der Waals surface area contributed by atoms with Gasteiger partial charge in [0.05, 0.1) is 6.04 Å². The van der Waals surface area contributed by atoms with Crippen molar-refractivity contribution >= 4 is 16.7 Å². The van der Waals surface area contributed by atoms with E-state index in [1.54, 1.807) is 0 Å². The molecule has 0 spiro atoms. The van der Waals surface area contributed by atoms with Crippen molar-refractivity contribution < 1.29 is 0 Å². The average Bonchev–Trinajstić information content (AvgIpc) is 2.83. The van der Waals surface area contributed by atoms with Crippen molar-refractivity contribution in [3.63, 3.8) is 0 Å². The minimum Gasteiger partial charge on any atom is -0.353 e. The molecule has 1 aromatic carbocycles.